The Hall–Kier alpha value is -1.55. The van der Waals surface area contributed by atoms with Crippen molar-refractivity contribution in [3.05, 3.63) is 35.4 Å². The minimum absolute atomic E-state index is 0.185. The third-order valence-corrected chi connectivity index (χ3v) is 3.98. The van der Waals surface area contributed by atoms with Crippen LogP contribution in [0.25, 0.3) is 0 Å². The Morgan fingerprint density at radius 1 is 1.23 bits per heavy atom. The van der Waals surface area contributed by atoms with E-state index in [4.69, 9.17) is 4.74 Å². The first-order valence-electron chi connectivity index (χ1n) is 8.10. The molecule has 4 nitrogen and oxygen atoms in total. The minimum Gasteiger partial charge on any atom is -0.444 e. The molecule has 0 aliphatic carbocycles. The Balaban J connectivity index is 1.87. The van der Waals surface area contributed by atoms with E-state index in [-0.39, 0.29) is 6.09 Å². The van der Waals surface area contributed by atoms with E-state index < -0.39 is 5.60 Å². The maximum atomic E-state index is 12.1. The highest BCUT2D eigenvalue weighted by Crippen LogP contribution is 2.28. The summed E-state index contributed by atoms with van der Waals surface area (Å²) in [5.74, 6) is 0.544. The second kappa shape index (κ2) is 7.14. The highest BCUT2D eigenvalue weighted by Gasteiger charge is 2.27. The largest absolute Gasteiger partial charge is 0.444 e. The number of benzene rings is 1. The summed E-state index contributed by atoms with van der Waals surface area (Å²) in [4.78, 5) is 13.9. The molecule has 2 rings (SSSR count). The fourth-order valence-corrected chi connectivity index (χ4v) is 2.83. The number of hydrogen-bond donors (Lipinski definition) is 1. The predicted molar refractivity (Wildman–Crippen MR) is 89.0 cm³/mol. The van der Waals surface area contributed by atoms with Crippen molar-refractivity contribution in [3.63, 3.8) is 0 Å². The van der Waals surface area contributed by atoms with Crippen LogP contribution in [0.4, 0.5) is 4.79 Å². The van der Waals surface area contributed by atoms with Gasteiger partial charge in [0.1, 0.15) is 5.60 Å². The zero-order chi connectivity index (χ0) is 16.2. The van der Waals surface area contributed by atoms with Gasteiger partial charge in [-0.3, -0.25) is 0 Å². The average molecular weight is 304 g/mol. The van der Waals surface area contributed by atoms with Gasteiger partial charge >= 0.3 is 6.09 Å². The first-order chi connectivity index (χ1) is 10.4. The van der Waals surface area contributed by atoms with Gasteiger partial charge in [0.2, 0.25) is 0 Å². The molecule has 0 atom stereocenters. The lowest BCUT2D eigenvalue weighted by atomic mass is 9.89. The van der Waals surface area contributed by atoms with Crippen molar-refractivity contribution in [2.45, 2.75) is 51.7 Å². The van der Waals surface area contributed by atoms with Gasteiger partial charge in [0.25, 0.3) is 0 Å². The molecule has 0 aromatic heterocycles. The van der Waals surface area contributed by atoms with Crippen LogP contribution in [0.3, 0.4) is 0 Å². The van der Waals surface area contributed by atoms with E-state index in [0.29, 0.717) is 5.92 Å². The zero-order valence-electron chi connectivity index (χ0n) is 14.2. The van der Waals surface area contributed by atoms with E-state index in [1.165, 1.54) is 11.1 Å². The SMILES string of the molecule is CNCc1ccc(C2CCN(C(=O)OC(C)(C)C)CC2)cc1. The Morgan fingerprint density at radius 3 is 2.32 bits per heavy atom. The van der Waals surface area contributed by atoms with Crippen molar-refractivity contribution in [1.29, 1.82) is 0 Å². The molecule has 122 valence electrons. The van der Waals surface area contributed by atoms with Gasteiger partial charge in [0.15, 0.2) is 0 Å². The van der Waals surface area contributed by atoms with Gasteiger partial charge in [0.05, 0.1) is 0 Å². The molecular weight excluding hydrogens is 276 g/mol. The lowest BCUT2D eigenvalue weighted by Crippen LogP contribution is -2.41. The lowest BCUT2D eigenvalue weighted by Gasteiger charge is -2.33. The Morgan fingerprint density at radius 2 is 1.82 bits per heavy atom. The number of carbonyl (C=O) groups excluding carboxylic acids is 1. The Bertz CT molecular complexity index is 483. The van der Waals surface area contributed by atoms with Crippen molar-refractivity contribution < 1.29 is 9.53 Å². The quantitative estimate of drug-likeness (QED) is 0.929. The van der Waals surface area contributed by atoms with Crippen LogP contribution in [0.1, 0.15) is 50.7 Å². The zero-order valence-corrected chi connectivity index (χ0v) is 14.2. The third kappa shape index (κ3) is 4.73. The van der Waals surface area contributed by atoms with Crippen LogP contribution < -0.4 is 5.32 Å². The van der Waals surface area contributed by atoms with Crippen molar-refractivity contribution in [2.24, 2.45) is 0 Å². The van der Waals surface area contributed by atoms with E-state index >= 15 is 0 Å². The molecule has 1 aromatic carbocycles. The molecular formula is C18H28N2O2. The fourth-order valence-electron chi connectivity index (χ4n) is 2.83. The number of rotatable bonds is 3. The van der Waals surface area contributed by atoms with Crippen molar-refractivity contribution in [1.82, 2.24) is 10.2 Å². The predicted octanol–water partition coefficient (Wildman–Crippen LogP) is 3.52. The number of likely N-dealkylation sites (tertiary alicyclic amines) is 1. The molecule has 0 radical (unpaired) electrons. The number of ether oxygens (including phenoxy) is 1. The highest BCUT2D eigenvalue weighted by atomic mass is 16.6. The van der Waals surface area contributed by atoms with Gasteiger partial charge in [-0.25, -0.2) is 4.79 Å². The Kier molecular flexibility index (Phi) is 5.46. The molecule has 1 fully saturated rings. The summed E-state index contributed by atoms with van der Waals surface area (Å²) in [5.41, 5.74) is 2.26. The smallest absolute Gasteiger partial charge is 0.410 e. The van der Waals surface area contributed by atoms with E-state index in [1.807, 2.05) is 32.7 Å². The van der Waals surface area contributed by atoms with Crippen LogP contribution >= 0.6 is 0 Å². The molecule has 1 aliphatic rings. The van der Waals surface area contributed by atoms with Crippen LogP contribution in [0.15, 0.2) is 24.3 Å². The van der Waals surface area contributed by atoms with Gasteiger partial charge in [-0.15, -0.1) is 0 Å². The first-order valence-corrected chi connectivity index (χ1v) is 8.10. The number of nitrogens with one attached hydrogen (secondary N) is 1. The van der Waals surface area contributed by atoms with Crippen LogP contribution in [-0.4, -0.2) is 36.7 Å². The molecule has 1 aromatic rings. The number of nitrogens with zero attached hydrogens (tertiary/aromatic N) is 1. The Labute approximate surface area is 133 Å². The van der Waals surface area contributed by atoms with Crippen LogP contribution in [-0.2, 0) is 11.3 Å². The van der Waals surface area contributed by atoms with E-state index in [9.17, 15) is 4.79 Å². The second-order valence-corrected chi connectivity index (χ2v) is 7.01. The van der Waals surface area contributed by atoms with Gasteiger partial charge in [-0.05, 0) is 57.7 Å². The summed E-state index contributed by atoms with van der Waals surface area (Å²) in [6, 6.07) is 8.82. The maximum absolute atomic E-state index is 12.1. The van der Waals surface area contributed by atoms with Gasteiger partial charge in [0, 0.05) is 19.6 Å². The molecule has 1 amide bonds. The average Bonchev–Trinajstić information content (AvgIpc) is 2.47. The summed E-state index contributed by atoms with van der Waals surface area (Å²) in [5, 5.41) is 3.16. The molecule has 1 aliphatic heterocycles. The summed E-state index contributed by atoms with van der Waals surface area (Å²) in [6.45, 7) is 8.17. The number of piperidine rings is 1. The number of carbonyl (C=O) groups is 1. The molecule has 1 N–H and O–H groups in total. The molecule has 0 spiro atoms. The molecule has 1 saturated heterocycles. The highest BCUT2D eigenvalue weighted by molar-refractivity contribution is 5.68. The standard InChI is InChI=1S/C18H28N2O2/c1-18(2,3)22-17(21)20-11-9-16(10-12-20)15-7-5-14(6-8-15)13-19-4/h5-8,16,19H,9-13H2,1-4H3. The maximum Gasteiger partial charge on any atom is 0.410 e. The van der Waals surface area contributed by atoms with Gasteiger partial charge < -0.3 is 15.0 Å². The molecule has 22 heavy (non-hydrogen) atoms. The van der Waals surface area contributed by atoms with Gasteiger partial charge in [-0.2, -0.15) is 0 Å². The summed E-state index contributed by atoms with van der Waals surface area (Å²) < 4.78 is 5.44. The van der Waals surface area contributed by atoms with Crippen LogP contribution in [0.2, 0.25) is 0 Å². The molecule has 1 heterocycles. The normalized spacial score (nSPS) is 16.6. The number of hydrogen-bond acceptors (Lipinski definition) is 3. The monoisotopic (exact) mass is 304 g/mol. The molecule has 0 unspecified atom stereocenters. The third-order valence-electron chi connectivity index (χ3n) is 3.98. The van der Waals surface area contributed by atoms with E-state index in [1.54, 1.807) is 0 Å². The lowest BCUT2D eigenvalue weighted by molar-refractivity contribution is 0.0205. The van der Waals surface area contributed by atoms with Crippen LogP contribution in [0, 0.1) is 0 Å². The van der Waals surface area contributed by atoms with E-state index in [2.05, 4.69) is 29.6 Å². The molecule has 0 bridgehead atoms. The van der Waals surface area contributed by atoms with Crippen LogP contribution in [0.5, 0.6) is 0 Å². The second-order valence-electron chi connectivity index (χ2n) is 7.01. The fraction of sp³-hybridized carbons (Fsp3) is 0.611. The van der Waals surface area contributed by atoms with Gasteiger partial charge in [-0.1, -0.05) is 24.3 Å². The summed E-state index contributed by atoms with van der Waals surface area (Å²) in [7, 11) is 1.96. The topological polar surface area (TPSA) is 41.6 Å². The molecule has 4 heteroatoms. The summed E-state index contributed by atoms with van der Waals surface area (Å²) >= 11 is 0. The number of amides is 1. The van der Waals surface area contributed by atoms with Crippen molar-refractivity contribution in [3.8, 4) is 0 Å². The first kappa shape index (κ1) is 16.8. The minimum atomic E-state index is -0.420. The molecule has 0 saturated carbocycles. The summed E-state index contributed by atoms with van der Waals surface area (Å²) in [6.07, 6.45) is 1.82. The van der Waals surface area contributed by atoms with Crippen molar-refractivity contribution in [2.75, 3.05) is 20.1 Å². The van der Waals surface area contributed by atoms with Crippen molar-refractivity contribution >= 4 is 6.09 Å². The van der Waals surface area contributed by atoms with E-state index in [0.717, 1.165) is 32.5 Å².